The predicted molar refractivity (Wildman–Crippen MR) is 183 cm³/mol. The first-order chi connectivity index (χ1) is 24.5. The second-order valence-electron chi connectivity index (χ2n) is 12.8. The maximum absolute atomic E-state index is 14.4. The number of ketones is 2. The van der Waals surface area contributed by atoms with Crippen LogP contribution in [0.4, 0.5) is 5.69 Å². The average molecular weight is 719 g/mol. The van der Waals surface area contributed by atoms with Crippen LogP contribution in [0.5, 0.6) is 34.5 Å². The van der Waals surface area contributed by atoms with E-state index >= 15 is 0 Å². The number of amides is 2. The molecule has 3 aromatic carbocycles. The van der Waals surface area contributed by atoms with Crippen molar-refractivity contribution in [2.75, 3.05) is 40.0 Å². The highest BCUT2D eigenvalue weighted by atomic mass is 35.5. The van der Waals surface area contributed by atoms with Crippen LogP contribution in [0.1, 0.15) is 59.5 Å². The summed E-state index contributed by atoms with van der Waals surface area (Å²) in [6, 6.07) is 11.7. The van der Waals surface area contributed by atoms with Crippen LogP contribution in [-0.2, 0) is 14.4 Å². The van der Waals surface area contributed by atoms with Gasteiger partial charge in [-0.25, -0.2) is 0 Å². The Balaban J connectivity index is 1.22. The molecule has 4 aliphatic rings. The molecule has 0 fully saturated rings. The molecule has 2 unspecified atom stereocenters. The molecule has 0 aromatic heterocycles. The Hall–Kier alpha value is -5.43. The zero-order valence-corrected chi connectivity index (χ0v) is 29.0. The number of anilines is 1. The monoisotopic (exact) mass is 718 g/mol. The number of aliphatic hydroxyl groups excluding tert-OH is 1. The van der Waals surface area contributed by atoms with Gasteiger partial charge in [-0.3, -0.25) is 19.2 Å². The van der Waals surface area contributed by atoms with Crippen LogP contribution >= 0.6 is 11.6 Å². The van der Waals surface area contributed by atoms with Gasteiger partial charge in [0.2, 0.25) is 30.0 Å². The normalized spacial score (nSPS) is 21.9. The highest BCUT2D eigenvalue weighted by molar-refractivity contribution is 6.35. The van der Waals surface area contributed by atoms with E-state index in [1.165, 1.54) is 20.3 Å². The summed E-state index contributed by atoms with van der Waals surface area (Å²) in [5.74, 6) is -3.00. The van der Waals surface area contributed by atoms with Crippen molar-refractivity contribution in [3.63, 3.8) is 0 Å². The molecule has 1 spiro atoms. The number of fused-ring (bicyclic) bond motifs is 3. The van der Waals surface area contributed by atoms with Crippen molar-refractivity contribution < 1.29 is 52.7 Å². The third kappa shape index (κ3) is 5.47. The highest BCUT2D eigenvalue weighted by Gasteiger charge is 2.61. The zero-order valence-electron chi connectivity index (χ0n) is 28.2. The van der Waals surface area contributed by atoms with Gasteiger partial charge < -0.3 is 44.2 Å². The Labute approximate surface area is 297 Å². The number of rotatable bonds is 10. The topological polar surface area (TPSA) is 168 Å². The minimum atomic E-state index is -2.04. The van der Waals surface area contributed by atoms with Crippen LogP contribution in [0.25, 0.3) is 0 Å². The molecule has 4 atom stereocenters. The molecule has 2 amide bonds. The fourth-order valence-electron chi connectivity index (χ4n) is 7.39. The number of ether oxygens (including phenoxy) is 6. The predicted octanol–water partition coefficient (Wildman–Crippen LogP) is 5.25. The molecule has 3 heterocycles. The molecular formula is C37H35ClN2O11. The Morgan fingerprint density at radius 3 is 2.55 bits per heavy atom. The molecule has 3 aliphatic heterocycles. The molecule has 1 aliphatic carbocycles. The van der Waals surface area contributed by atoms with Gasteiger partial charge in [0.1, 0.15) is 27.8 Å². The van der Waals surface area contributed by atoms with Gasteiger partial charge in [-0.05, 0) is 47.9 Å². The number of hydrogen-bond acceptors (Lipinski definition) is 11. The number of halogens is 1. The van der Waals surface area contributed by atoms with Crippen LogP contribution in [0.3, 0.4) is 0 Å². The lowest BCUT2D eigenvalue weighted by Crippen LogP contribution is -2.53. The largest absolute Gasteiger partial charge is 0.507 e. The highest BCUT2D eigenvalue weighted by Crippen LogP contribution is 2.56. The van der Waals surface area contributed by atoms with Crippen molar-refractivity contribution in [2.45, 2.75) is 43.6 Å². The lowest BCUT2D eigenvalue weighted by molar-refractivity contribution is -0.122. The first-order valence-electron chi connectivity index (χ1n) is 16.3. The molecule has 13 nitrogen and oxygen atoms in total. The summed E-state index contributed by atoms with van der Waals surface area (Å²) in [7, 11) is 4.32. The van der Waals surface area contributed by atoms with Crippen molar-refractivity contribution in [2.24, 2.45) is 5.92 Å². The third-order valence-corrected chi connectivity index (χ3v) is 10.4. The van der Waals surface area contributed by atoms with E-state index in [0.717, 1.165) is 5.56 Å². The van der Waals surface area contributed by atoms with Gasteiger partial charge in [0.05, 0.1) is 27.2 Å². The van der Waals surface area contributed by atoms with E-state index in [4.69, 9.17) is 40.0 Å². The minimum Gasteiger partial charge on any atom is -0.507 e. The van der Waals surface area contributed by atoms with Gasteiger partial charge in [0.15, 0.2) is 28.8 Å². The Kier molecular flexibility index (Phi) is 8.70. The Bertz CT molecular complexity index is 2030. The van der Waals surface area contributed by atoms with Crippen molar-refractivity contribution >= 4 is 40.7 Å². The lowest BCUT2D eigenvalue weighted by Gasteiger charge is -2.38. The Morgan fingerprint density at radius 1 is 1.04 bits per heavy atom. The number of hydrogen-bond donors (Lipinski definition) is 3. The molecule has 266 valence electrons. The van der Waals surface area contributed by atoms with Gasteiger partial charge >= 0.3 is 0 Å². The summed E-state index contributed by atoms with van der Waals surface area (Å²) in [6.07, 6.45) is -0.180. The van der Waals surface area contributed by atoms with Crippen LogP contribution in [-0.4, -0.2) is 68.8 Å². The number of benzene rings is 3. The SMILES string of the molecule is COc1ccc2c(c1)C(CCNC(=O)CC(C1=C(O)[C@@]3(Oc4c(Cl)c(OC)cc(OC)c4C3=O)[C@H](C)CC1=O)c1ccc3c(c1)OCO3)C(=O)N2. The van der Waals surface area contributed by atoms with Gasteiger partial charge in [-0.15, -0.1) is 0 Å². The standard InChI is InChI=1S/C37H35ClN2O11/c1-17-11-24(41)30(34(43)37(17)35(44)31-27(47-3)15-28(48-4)32(38)33(31)51-37)21(18-5-8-25-26(12-18)50-16-49-25)14-29(42)39-10-9-20-22-13-19(46-2)6-7-23(22)40-36(20)45/h5-8,12-13,15,17,20-21,43H,9-11,14,16H2,1-4H3,(H,39,42)(H,40,45)/t17-,20?,21?,37+/m1/s1. The molecule has 7 rings (SSSR count). The van der Waals surface area contributed by atoms with Crippen molar-refractivity contribution in [3.8, 4) is 34.5 Å². The van der Waals surface area contributed by atoms with E-state index in [9.17, 15) is 24.3 Å². The van der Waals surface area contributed by atoms with E-state index in [2.05, 4.69) is 10.6 Å². The molecule has 14 heteroatoms. The summed E-state index contributed by atoms with van der Waals surface area (Å²) in [4.78, 5) is 54.8. The van der Waals surface area contributed by atoms with Crippen molar-refractivity contribution in [3.05, 3.63) is 75.5 Å². The fraction of sp³-hybridized carbons (Fsp3) is 0.351. The number of allylic oxidation sites excluding steroid dienone is 1. The van der Waals surface area contributed by atoms with Crippen LogP contribution in [0.2, 0.25) is 5.02 Å². The van der Waals surface area contributed by atoms with E-state index < -0.39 is 46.6 Å². The molecule has 3 N–H and O–H groups in total. The molecular weight excluding hydrogens is 684 g/mol. The summed E-state index contributed by atoms with van der Waals surface area (Å²) in [5, 5.41) is 17.9. The fourth-order valence-corrected chi connectivity index (χ4v) is 7.65. The minimum absolute atomic E-state index is 0.000635. The maximum Gasteiger partial charge on any atom is 0.232 e. The van der Waals surface area contributed by atoms with Crippen LogP contribution in [0.15, 0.2) is 53.8 Å². The average Bonchev–Trinajstić information content (AvgIpc) is 3.81. The first kappa shape index (κ1) is 34.0. The van der Waals surface area contributed by atoms with E-state index in [-0.39, 0.29) is 65.5 Å². The van der Waals surface area contributed by atoms with E-state index in [0.29, 0.717) is 34.9 Å². The smallest absolute Gasteiger partial charge is 0.232 e. The second kappa shape index (κ2) is 13.0. The second-order valence-corrected chi connectivity index (χ2v) is 13.1. The van der Waals surface area contributed by atoms with Crippen LogP contribution < -0.4 is 39.1 Å². The summed E-state index contributed by atoms with van der Waals surface area (Å²) in [5.41, 5.74) is -0.269. The summed E-state index contributed by atoms with van der Waals surface area (Å²) in [6.45, 7) is 1.76. The van der Waals surface area contributed by atoms with Crippen molar-refractivity contribution in [1.29, 1.82) is 0 Å². The van der Waals surface area contributed by atoms with Crippen LogP contribution in [0, 0.1) is 5.92 Å². The van der Waals surface area contributed by atoms with Gasteiger partial charge in [-0.1, -0.05) is 24.6 Å². The third-order valence-electron chi connectivity index (χ3n) is 10.0. The number of aliphatic hydroxyl groups is 1. The van der Waals surface area contributed by atoms with Gasteiger partial charge in [-0.2, -0.15) is 0 Å². The van der Waals surface area contributed by atoms with Gasteiger partial charge in [0, 0.05) is 48.5 Å². The number of Topliss-reactive ketones (excluding diaryl/α,β-unsaturated/α-hetero) is 2. The molecule has 0 bridgehead atoms. The first-order valence-corrected chi connectivity index (χ1v) is 16.7. The maximum atomic E-state index is 14.4. The van der Waals surface area contributed by atoms with E-state index in [1.807, 2.05) is 0 Å². The molecule has 0 saturated carbocycles. The summed E-state index contributed by atoms with van der Waals surface area (Å²) >= 11 is 6.61. The quantitative estimate of drug-likeness (QED) is 0.251. The van der Waals surface area contributed by atoms with Gasteiger partial charge in [0.25, 0.3) is 0 Å². The molecule has 3 aromatic rings. The Morgan fingerprint density at radius 2 is 1.80 bits per heavy atom. The lowest BCUT2D eigenvalue weighted by atomic mass is 9.69. The summed E-state index contributed by atoms with van der Waals surface area (Å²) < 4.78 is 33.6. The molecule has 0 saturated heterocycles. The van der Waals surface area contributed by atoms with E-state index in [1.54, 1.807) is 50.4 Å². The number of methoxy groups -OCH3 is 3. The number of carbonyl (C=O) groups is 4. The van der Waals surface area contributed by atoms with Crippen molar-refractivity contribution in [1.82, 2.24) is 5.32 Å². The number of carbonyl (C=O) groups excluding carboxylic acids is 4. The number of nitrogens with one attached hydrogen (secondary N) is 2. The zero-order chi connectivity index (χ0) is 36.2. The molecule has 0 radical (unpaired) electrons. The molecule has 51 heavy (non-hydrogen) atoms.